The van der Waals surface area contributed by atoms with E-state index >= 15 is 0 Å². The highest BCUT2D eigenvalue weighted by Gasteiger charge is 2.26. The van der Waals surface area contributed by atoms with E-state index in [4.69, 9.17) is 16.3 Å². The van der Waals surface area contributed by atoms with Crippen molar-refractivity contribution < 1.29 is 9.53 Å². The van der Waals surface area contributed by atoms with Crippen molar-refractivity contribution in [1.82, 2.24) is 5.32 Å². The lowest BCUT2D eigenvalue weighted by Gasteiger charge is -2.27. The van der Waals surface area contributed by atoms with Gasteiger partial charge in [-0.05, 0) is 56.7 Å². The minimum Gasteiger partial charge on any atom is -0.466 e. The summed E-state index contributed by atoms with van der Waals surface area (Å²) in [6, 6.07) is 7.92. The zero-order chi connectivity index (χ0) is 15.1. The third kappa shape index (κ3) is 5.01. The summed E-state index contributed by atoms with van der Waals surface area (Å²) in [5, 5.41) is 4.30. The molecule has 0 spiro atoms. The summed E-state index contributed by atoms with van der Waals surface area (Å²) in [7, 11) is 0. The fraction of sp³-hybridized carbons (Fsp3) is 0.588. The van der Waals surface area contributed by atoms with E-state index in [9.17, 15) is 4.79 Å². The number of halogens is 1. The van der Waals surface area contributed by atoms with Crippen LogP contribution >= 0.6 is 11.6 Å². The second-order valence-electron chi connectivity index (χ2n) is 5.69. The molecule has 1 saturated carbocycles. The Hall–Kier alpha value is -1.06. The molecule has 21 heavy (non-hydrogen) atoms. The average Bonchev–Trinajstić information content (AvgIpc) is 2.50. The maximum Gasteiger partial charge on any atom is 0.308 e. The predicted molar refractivity (Wildman–Crippen MR) is 85.2 cm³/mol. The molecule has 0 unspecified atom stereocenters. The smallest absolute Gasteiger partial charge is 0.308 e. The molecule has 0 heterocycles. The van der Waals surface area contributed by atoms with Crippen molar-refractivity contribution in [2.45, 2.75) is 39.2 Å². The largest absolute Gasteiger partial charge is 0.466 e. The Labute approximate surface area is 132 Å². The van der Waals surface area contributed by atoms with Gasteiger partial charge >= 0.3 is 5.97 Å². The van der Waals surface area contributed by atoms with Gasteiger partial charge < -0.3 is 10.1 Å². The molecule has 1 N–H and O–H groups in total. The van der Waals surface area contributed by atoms with Gasteiger partial charge in [-0.3, -0.25) is 4.79 Å². The molecule has 0 radical (unpaired) electrons. The molecule has 4 heteroatoms. The molecule has 0 amide bonds. The molecular weight excluding hydrogens is 286 g/mol. The van der Waals surface area contributed by atoms with Crippen molar-refractivity contribution >= 4 is 17.6 Å². The van der Waals surface area contributed by atoms with E-state index < -0.39 is 0 Å². The van der Waals surface area contributed by atoms with Gasteiger partial charge in [-0.15, -0.1) is 0 Å². The first-order chi connectivity index (χ1) is 10.2. The van der Waals surface area contributed by atoms with Crippen molar-refractivity contribution in [1.29, 1.82) is 0 Å². The molecule has 1 fully saturated rings. The van der Waals surface area contributed by atoms with Crippen molar-refractivity contribution in [2.24, 2.45) is 11.8 Å². The van der Waals surface area contributed by atoms with Crippen molar-refractivity contribution in [3.8, 4) is 0 Å². The number of carbonyl (C=O) groups excluding carboxylic acids is 1. The normalized spacial score (nSPS) is 22.0. The fourth-order valence-corrected chi connectivity index (χ4v) is 3.12. The van der Waals surface area contributed by atoms with Gasteiger partial charge in [-0.1, -0.05) is 29.8 Å². The van der Waals surface area contributed by atoms with Gasteiger partial charge in [0.1, 0.15) is 0 Å². The first kappa shape index (κ1) is 16.3. The molecule has 0 aromatic heterocycles. The zero-order valence-electron chi connectivity index (χ0n) is 12.6. The van der Waals surface area contributed by atoms with E-state index in [1.165, 1.54) is 0 Å². The summed E-state index contributed by atoms with van der Waals surface area (Å²) in [4.78, 5) is 11.7. The Morgan fingerprint density at radius 3 is 2.67 bits per heavy atom. The first-order valence-electron chi connectivity index (χ1n) is 7.81. The number of esters is 1. The second kappa shape index (κ2) is 8.40. The van der Waals surface area contributed by atoms with Crippen LogP contribution in [0, 0.1) is 11.8 Å². The summed E-state index contributed by atoms with van der Waals surface area (Å²) in [5.74, 6) is 0.753. The molecule has 0 aliphatic heterocycles. The highest BCUT2D eigenvalue weighted by Crippen LogP contribution is 2.29. The van der Waals surface area contributed by atoms with E-state index in [1.54, 1.807) is 0 Å². The molecule has 1 aromatic carbocycles. The van der Waals surface area contributed by atoms with Crippen LogP contribution in [0.4, 0.5) is 0 Å². The van der Waals surface area contributed by atoms with Crippen LogP contribution in [0.25, 0.3) is 0 Å². The molecule has 1 aromatic rings. The Bertz CT molecular complexity index is 456. The number of ether oxygens (including phenoxy) is 1. The lowest BCUT2D eigenvalue weighted by Crippen LogP contribution is -2.29. The zero-order valence-corrected chi connectivity index (χ0v) is 13.4. The van der Waals surface area contributed by atoms with Gasteiger partial charge in [-0.25, -0.2) is 0 Å². The van der Waals surface area contributed by atoms with Crippen molar-refractivity contribution in [2.75, 3.05) is 13.2 Å². The Morgan fingerprint density at radius 2 is 2.00 bits per heavy atom. The van der Waals surface area contributed by atoms with Crippen LogP contribution in [0.5, 0.6) is 0 Å². The average molecular weight is 310 g/mol. The highest BCUT2D eigenvalue weighted by atomic mass is 35.5. The van der Waals surface area contributed by atoms with Gasteiger partial charge in [0.15, 0.2) is 0 Å². The first-order valence-corrected chi connectivity index (χ1v) is 8.19. The minimum absolute atomic E-state index is 0.0139. The summed E-state index contributed by atoms with van der Waals surface area (Å²) in [5.41, 5.74) is 1.14. The van der Waals surface area contributed by atoms with Crippen molar-refractivity contribution in [3.63, 3.8) is 0 Å². The van der Waals surface area contributed by atoms with E-state index in [2.05, 4.69) is 5.32 Å². The van der Waals surface area contributed by atoms with Gasteiger partial charge in [0.2, 0.25) is 0 Å². The van der Waals surface area contributed by atoms with Gasteiger partial charge in [0, 0.05) is 11.6 Å². The van der Waals surface area contributed by atoms with Gasteiger partial charge in [-0.2, -0.15) is 0 Å². The minimum atomic E-state index is -0.0139. The summed E-state index contributed by atoms with van der Waals surface area (Å²) in [6.45, 7) is 4.14. The topological polar surface area (TPSA) is 38.3 Å². The Morgan fingerprint density at radius 1 is 1.29 bits per heavy atom. The lowest BCUT2D eigenvalue weighted by molar-refractivity contribution is -0.149. The highest BCUT2D eigenvalue weighted by molar-refractivity contribution is 6.31. The number of nitrogens with one attached hydrogen (secondary N) is 1. The predicted octanol–water partition coefficient (Wildman–Crippen LogP) is 3.80. The molecule has 3 nitrogen and oxygen atoms in total. The number of hydrogen-bond donors (Lipinski definition) is 1. The van der Waals surface area contributed by atoms with Crippen LogP contribution in [0.15, 0.2) is 24.3 Å². The summed E-state index contributed by atoms with van der Waals surface area (Å²) < 4.78 is 5.10. The summed E-state index contributed by atoms with van der Waals surface area (Å²) in [6.07, 6.45) is 4.10. The maximum atomic E-state index is 11.7. The Balaban J connectivity index is 1.67. The summed E-state index contributed by atoms with van der Waals surface area (Å²) >= 11 is 6.14. The van der Waals surface area contributed by atoms with E-state index in [-0.39, 0.29) is 11.9 Å². The van der Waals surface area contributed by atoms with Gasteiger partial charge in [0.25, 0.3) is 0 Å². The molecular formula is C17H24ClNO2. The van der Waals surface area contributed by atoms with Crippen LogP contribution in [0.1, 0.15) is 38.2 Å². The monoisotopic (exact) mass is 309 g/mol. The van der Waals surface area contributed by atoms with E-state index in [0.29, 0.717) is 12.5 Å². The number of benzene rings is 1. The standard InChI is InChI=1S/C17H24ClNO2/c1-2-21-17(20)14-9-7-13(8-10-14)11-19-12-15-5-3-4-6-16(15)18/h3-6,13-14,19H,2,7-12H2,1H3. The van der Waals surface area contributed by atoms with Crippen LogP contribution in [0.2, 0.25) is 5.02 Å². The fourth-order valence-electron chi connectivity index (χ4n) is 2.92. The van der Waals surface area contributed by atoms with Crippen LogP contribution < -0.4 is 5.32 Å². The third-order valence-electron chi connectivity index (χ3n) is 4.17. The molecule has 1 aliphatic rings. The van der Waals surface area contributed by atoms with Crippen LogP contribution in [0.3, 0.4) is 0 Å². The molecule has 0 saturated heterocycles. The number of rotatable bonds is 6. The molecule has 2 rings (SSSR count). The van der Waals surface area contributed by atoms with Crippen LogP contribution in [-0.4, -0.2) is 19.1 Å². The molecule has 116 valence electrons. The van der Waals surface area contributed by atoms with Gasteiger partial charge in [0.05, 0.1) is 12.5 Å². The number of hydrogen-bond acceptors (Lipinski definition) is 3. The quantitative estimate of drug-likeness (QED) is 0.812. The van der Waals surface area contributed by atoms with E-state index in [1.807, 2.05) is 31.2 Å². The van der Waals surface area contributed by atoms with Crippen LogP contribution in [-0.2, 0) is 16.1 Å². The number of carbonyl (C=O) groups is 1. The maximum absolute atomic E-state index is 11.7. The molecule has 0 bridgehead atoms. The Kier molecular flexibility index (Phi) is 6.52. The van der Waals surface area contributed by atoms with Crippen molar-refractivity contribution in [3.05, 3.63) is 34.9 Å². The SMILES string of the molecule is CCOC(=O)C1CCC(CNCc2ccccc2Cl)CC1. The molecule has 1 aliphatic carbocycles. The molecule has 0 atom stereocenters. The second-order valence-corrected chi connectivity index (χ2v) is 6.10. The lowest BCUT2D eigenvalue weighted by atomic mass is 9.82. The third-order valence-corrected chi connectivity index (χ3v) is 4.54. The van der Waals surface area contributed by atoms with E-state index in [0.717, 1.165) is 49.4 Å².